The summed E-state index contributed by atoms with van der Waals surface area (Å²) in [6, 6.07) is 9.03. The molecule has 0 N–H and O–H groups in total. The van der Waals surface area contributed by atoms with Gasteiger partial charge in [-0.15, -0.1) is 0 Å². The summed E-state index contributed by atoms with van der Waals surface area (Å²) >= 11 is 0. The van der Waals surface area contributed by atoms with Gasteiger partial charge in [0.05, 0.1) is 19.1 Å². The normalized spacial score (nSPS) is 10.3. The number of esters is 1. The number of rotatable bonds is 6. The first-order valence-electron chi connectivity index (χ1n) is 5.37. The second-order valence-corrected chi connectivity index (χ2v) is 6.15. The van der Waals surface area contributed by atoms with E-state index in [-0.39, 0.29) is 35.7 Å². The average molecular weight is 253 g/mol. The minimum Gasteiger partial charge on any atom is -0.462 e. The van der Waals surface area contributed by atoms with Crippen LogP contribution in [0, 0.1) is 0 Å². The summed E-state index contributed by atoms with van der Waals surface area (Å²) < 4.78 is 4.99. The van der Waals surface area contributed by atoms with Gasteiger partial charge in [-0.2, -0.15) is 0 Å². The number of carbonyl (C=O) groups is 2. The third-order valence-corrected chi connectivity index (χ3v) is 2.91. The Bertz CT molecular complexity index is 374. The molecule has 3 nitrogen and oxygen atoms in total. The summed E-state index contributed by atoms with van der Waals surface area (Å²) in [6.07, 6.45) is 4.21. The number of ether oxygens (including phenoxy) is 1. The van der Waals surface area contributed by atoms with Gasteiger partial charge in [-0.1, -0.05) is 30.3 Å². The fraction of sp³-hybridized carbons (Fsp3) is 0.385. The lowest BCUT2D eigenvalue weighted by Gasteiger charge is -2.03. The number of benzene rings is 1. The van der Waals surface area contributed by atoms with Crippen LogP contribution in [0.1, 0.15) is 16.8 Å². The van der Waals surface area contributed by atoms with Gasteiger partial charge in [-0.3, -0.25) is 4.79 Å². The first-order chi connectivity index (χ1) is 8.09. The molecular weight excluding hydrogens is 236 g/mol. The van der Waals surface area contributed by atoms with Crippen LogP contribution in [0.15, 0.2) is 30.3 Å². The van der Waals surface area contributed by atoms with Gasteiger partial charge in [0, 0.05) is 12.0 Å². The van der Waals surface area contributed by atoms with E-state index in [2.05, 4.69) is 0 Å². The van der Waals surface area contributed by atoms with Crippen LogP contribution in [0.25, 0.3) is 0 Å². The maximum Gasteiger partial charge on any atom is 0.356 e. The van der Waals surface area contributed by atoms with Crippen molar-refractivity contribution in [2.75, 3.05) is 24.9 Å². The second-order valence-electron chi connectivity index (χ2n) is 3.89. The molecule has 17 heavy (non-hydrogen) atoms. The van der Waals surface area contributed by atoms with Crippen molar-refractivity contribution in [3.63, 3.8) is 0 Å². The third-order valence-electron chi connectivity index (χ3n) is 2.09. The van der Waals surface area contributed by atoms with Crippen molar-refractivity contribution in [3.8, 4) is 0 Å². The monoisotopic (exact) mass is 253 g/mol. The molecule has 0 aliphatic carbocycles. The predicted molar refractivity (Wildman–Crippen MR) is 70.4 cm³/mol. The molecule has 0 radical (unpaired) electrons. The van der Waals surface area contributed by atoms with Crippen molar-refractivity contribution in [3.05, 3.63) is 35.9 Å². The van der Waals surface area contributed by atoms with E-state index in [4.69, 9.17) is 4.74 Å². The highest BCUT2D eigenvalue weighted by Gasteiger charge is 2.13. The van der Waals surface area contributed by atoms with E-state index < -0.39 is 0 Å². The topological polar surface area (TPSA) is 43.4 Å². The van der Waals surface area contributed by atoms with Crippen LogP contribution in [-0.2, 0) is 20.4 Å². The zero-order valence-corrected chi connectivity index (χ0v) is 11.0. The van der Waals surface area contributed by atoms with E-state index in [1.807, 2.05) is 30.7 Å². The lowest BCUT2D eigenvalue weighted by molar-refractivity contribution is -0.140. The Morgan fingerprint density at radius 2 is 1.82 bits per heavy atom. The van der Waals surface area contributed by atoms with Crippen molar-refractivity contribution < 1.29 is 14.3 Å². The van der Waals surface area contributed by atoms with E-state index in [9.17, 15) is 9.59 Å². The minimum absolute atomic E-state index is 0.00500. The van der Waals surface area contributed by atoms with E-state index in [0.29, 0.717) is 11.3 Å². The van der Waals surface area contributed by atoms with Crippen LogP contribution < -0.4 is 0 Å². The Hall–Kier alpha value is -1.29. The van der Waals surface area contributed by atoms with E-state index in [0.717, 1.165) is 0 Å². The van der Waals surface area contributed by atoms with Crippen LogP contribution in [0.2, 0.25) is 0 Å². The van der Waals surface area contributed by atoms with E-state index in [1.165, 1.54) is 0 Å². The molecule has 1 aromatic rings. The van der Waals surface area contributed by atoms with Crippen molar-refractivity contribution in [2.24, 2.45) is 0 Å². The van der Waals surface area contributed by atoms with Crippen LogP contribution in [-0.4, -0.2) is 36.6 Å². The van der Waals surface area contributed by atoms with Crippen molar-refractivity contribution in [2.45, 2.75) is 6.42 Å². The first kappa shape index (κ1) is 13.8. The first-order valence-corrected chi connectivity index (χ1v) is 7.58. The summed E-state index contributed by atoms with van der Waals surface area (Å²) in [5.41, 5.74) is 0.661. The lowest BCUT2D eigenvalue weighted by Crippen LogP contribution is -2.18. The third kappa shape index (κ3) is 5.54. The number of ketones is 1. The van der Waals surface area contributed by atoms with Gasteiger partial charge >= 0.3 is 5.97 Å². The van der Waals surface area contributed by atoms with Gasteiger partial charge in [0.15, 0.2) is 5.78 Å². The Labute approximate surface area is 105 Å². The van der Waals surface area contributed by atoms with Crippen LogP contribution in [0.4, 0.5) is 0 Å². The number of hydrogen-bond acceptors (Lipinski definition) is 3. The molecule has 0 spiro atoms. The zero-order valence-electron chi connectivity index (χ0n) is 10.1. The number of Topliss-reactive ketones (excluding diaryl/α,β-unsaturated/α-hetero) is 1. The van der Waals surface area contributed by atoms with Crippen molar-refractivity contribution in [1.82, 2.24) is 0 Å². The highest BCUT2D eigenvalue weighted by atomic mass is 32.2. The molecule has 0 fully saturated rings. The largest absolute Gasteiger partial charge is 0.462 e. The molecule has 0 aromatic heterocycles. The highest BCUT2D eigenvalue weighted by molar-refractivity contribution is 7.96. The molecule has 0 aliphatic rings. The van der Waals surface area contributed by atoms with Crippen LogP contribution in [0.3, 0.4) is 0 Å². The Morgan fingerprint density at radius 3 is 2.41 bits per heavy atom. The molecule has 0 unspecified atom stereocenters. The van der Waals surface area contributed by atoms with Gasteiger partial charge < -0.3 is 4.74 Å². The molecule has 92 valence electrons. The fourth-order valence-electron chi connectivity index (χ4n) is 1.30. The molecule has 0 saturated carbocycles. The average Bonchev–Trinajstić information content (AvgIpc) is 2.29. The molecule has 1 rings (SSSR count). The van der Waals surface area contributed by atoms with E-state index >= 15 is 0 Å². The lowest BCUT2D eigenvalue weighted by atomic mass is 10.1. The van der Waals surface area contributed by atoms with Crippen molar-refractivity contribution in [1.29, 1.82) is 0 Å². The van der Waals surface area contributed by atoms with Crippen LogP contribution >= 0.6 is 0 Å². The van der Waals surface area contributed by atoms with Gasteiger partial charge in [-0.25, -0.2) is 4.79 Å². The number of hydrogen-bond donors (Lipinski definition) is 0. The Morgan fingerprint density at radius 1 is 1.18 bits per heavy atom. The van der Waals surface area contributed by atoms with Crippen LogP contribution in [0.5, 0.6) is 0 Å². The summed E-state index contributed by atoms with van der Waals surface area (Å²) in [6.45, 7) is 0.170. The Balaban J connectivity index is 2.28. The van der Waals surface area contributed by atoms with Crippen molar-refractivity contribution >= 4 is 22.6 Å². The highest BCUT2D eigenvalue weighted by Crippen LogP contribution is 2.03. The predicted octanol–water partition coefficient (Wildman–Crippen LogP) is 1.68. The summed E-state index contributed by atoms with van der Waals surface area (Å²) in [4.78, 5) is 22.9. The van der Waals surface area contributed by atoms with Gasteiger partial charge in [0.25, 0.3) is 0 Å². The molecule has 0 saturated heterocycles. The van der Waals surface area contributed by atoms with Gasteiger partial charge in [0.2, 0.25) is 5.75 Å². The van der Waals surface area contributed by atoms with Gasteiger partial charge in [-0.05, 0) is 10.9 Å². The second kappa shape index (κ2) is 7.12. The standard InChI is InChI=1S/C13H17O3S/c1-17(2)10-13(15)16-9-8-12(14)11-6-4-3-5-7-11/h3-7H,8-10H2,1-2H3/q+1. The fourth-order valence-corrected chi connectivity index (χ4v) is 1.86. The molecule has 0 heterocycles. The molecule has 0 aliphatic heterocycles. The summed E-state index contributed by atoms with van der Waals surface area (Å²) in [5, 5.41) is 0. The van der Waals surface area contributed by atoms with Gasteiger partial charge in [0.1, 0.15) is 0 Å². The molecule has 0 amide bonds. The molecule has 4 heteroatoms. The quantitative estimate of drug-likeness (QED) is 0.440. The zero-order chi connectivity index (χ0) is 12.7. The minimum atomic E-state index is -0.223. The smallest absolute Gasteiger partial charge is 0.356 e. The molecule has 1 aromatic carbocycles. The number of carbonyl (C=O) groups excluding carboxylic acids is 2. The maximum atomic E-state index is 11.7. The molecule has 0 atom stereocenters. The summed E-state index contributed by atoms with van der Waals surface area (Å²) in [7, 11) is 0.0447. The summed E-state index contributed by atoms with van der Waals surface area (Å²) in [5.74, 6) is 0.212. The SMILES string of the molecule is C[S+](C)CC(=O)OCCC(=O)c1ccccc1. The Kier molecular flexibility index (Phi) is 5.77. The maximum absolute atomic E-state index is 11.7. The molecular formula is C13H17O3S+. The molecule has 0 bridgehead atoms. The van der Waals surface area contributed by atoms with E-state index in [1.54, 1.807) is 12.1 Å².